The van der Waals surface area contributed by atoms with Gasteiger partial charge >= 0.3 is 6.03 Å². The first kappa shape index (κ1) is 31.8. The zero-order valence-corrected chi connectivity index (χ0v) is 26.3. The molecule has 3 aromatic carbocycles. The summed E-state index contributed by atoms with van der Waals surface area (Å²) in [6, 6.07) is 18.5. The van der Waals surface area contributed by atoms with Crippen LogP contribution in [0.2, 0.25) is 0 Å². The number of urea groups is 1. The van der Waals surface area contributed by atoms with Crippen LogP contribution in [0, 0.1) is 5.82 Å². The lowest BCUT2D eigenvalue weighted by Gasteiger charge is -2.34. The van der Waals surface area contributed by atoms with E-state index in [-0.39, 0.29) is 29.8 Å². The molecule has 2 heterocycles. The third kappa shape index (κ3) is 7.94. The maximum atomic E-state index is 14.1. The summed E-state index contributed by atoms with van der Waals surface area (Å²) in [5.41, 5.74) is 3.48. The van der Waals surface area contributed by atoms with Gasteiger partial charge in [0.1, 0.15) is 29.5 Å². The van der Waals surface area contributed by atoms with Crippen LogP contribution in [-0.4, -0.2) is 72.7 Å². The second-order valence-corrected chi connectivity index (χ2v) is 11.8. The number of piperidine rings is 1. The summed E-state index contributed by atoms with van der Waals surface area (Å²) >= 11 is 0. The van der Waals surface area contributed by atoms with E-state index in [1.807, 2.05) is 76.6 Å². The van der Waals surface area contributed by atoms with Gasteiger partial charge in [0.25, 0.3) is 0 Å². The molecular formula is C35H42FN5O4. The highest BCUT2D eigenvalue weighted by Crippen LogP contribution is 2.31. The van der Waals surface area contributed by atoms with Gasteiger partial charge in [-0.3, -0.25) is 4.79 Å². The van der Waals surface area contributed by atoms with Crippen LogP contribution in [0.3, 0.4) is 0 Å². The average Bonchev–Trinajstić information content (AvgIpc) is 3.46. The second-order valence-electron chi connectivity index (χ2n) is 11.8. The van der Waals surface area contributed by atoms with Crippen LogP contribution in [-0.2, 0) is 11.3 Å². The molecule has 9 nitrogen and oxygen atoms in total. The Morgan fingerprint density at radius 1 is 1.07 bits per heavy atom. The summed E-state index contributed by atoms with van der Waals surface area (Å²) < 4.78 is 25.1. The standard InChI is InChI=1S/C35H42FN5O4/c1-5-44-32-15-10-24(22-40(3)4)20-31(32)38-34(42)33(23(2)29-21-37-30-9-7-6-8-28(29)30)39-35(43)41-18-16-27(17-19-41)45-26-13-11-25(36)12-14-26/h6-15,20-21,23,27,33,37H,5,16-19,22H2,1-4H3,(H,38,42)(H,39,43)/t23-,33-/m1/s1. The Labute approximate surface area is 263 Å². The highest BCUT2D eigenvalue weighted by molar-refractivity contribution is 5.99. The molecule has 45 heavy (non-hydrogen) atoms. The van der Waals surface area contributed by atoms with Crippen LogP contribution in [0.5, 0.6) is 11.5 Å². The summed E-state index contributed by atoms with van der Waals surface area (Å²) in [4.78, 5) is 34.8. The number of H-pyrrole nitrogens is 1. The molecule has 0 radical (unpaired) electrons. The molecule has 10 heteroatoms. The Kier molecular flexibility index (Phi) is 10.2. The first-order valence-electron chi connectivity index (χ1n) is 15.5. The molecule has 3 amide bonds. The zero-order valence-electron chi connectivity index (χ0n) is 26.3. The molecule has 0 unspecified atom stereocenters. The number of amides is 3. The zero-order chi connectivity index (χ0) is 31.9. The van der Waals surface area contributed by atoms with E-state index < -0.39 is 6.04 Å². The summed E-state index contributed by atoms with van der Waals surface area (Å²) in [5.74, 6) is 0.166. The number of hydrogen-bond donors (Lipinski definition) is 3. The van der Waals surface area contributed by atoms with Gasteiger partial charge in [-0.15, -0.1) is 0 Å². The molecule has 0 aliphatic carbocycles. The quantitative estimate of drug-likeness (QED) is 0.189. The summed E-state index contributed by atoms with van der Waals surface area (Å²) in [6.07, 6.45) is 3.06. The number of rotatable bonds is 11. The molecule has 3 N–H and O–H groups in total. The number of anilines is 1. The number of nitrogens with one attached hydrogen (secondary N) is 3. The third-order valence-electron chi connectivity index (χ3n) is 8.12. The minimum atomic E-state index is -0.878. The number of hydrogen-bond acceptors (Lipinski definition) is 5. The number of carbonyl (C=O) groups is 2. The number of fused-ring (bicyclic) bond motifs is 1. The molecular weight excluding hydrogens is 573 g/mol. The first-order chi connectivity index (χ1) is 21.7. The summed E-state index contributed by atoms with van der Waals surface area (Å²) in [5, 5.41) is 7.13. The predicted octanol–water partition coefficient (Wildman–Crippen LogP) is 6.13. The van der Waals surface area contributed by atoms with Gasteiger partial charge < -0.3 is 34.9 Å². The van der Waals surface area contributed by atoms with E-state index in [9.17, 15) is 14.0 Å². The minimum Gasteiger partial charge on any atom is -0.492 e. The van der Waals surface area contributed by atoms with E-state index >= 15 is 0 Å². The number of nitrogens with zero attached hydrogens (tertiary/aromatic N) is 2. The van der Waals surface area contributed by atoms with Crippen molar-refractivity contribution >= 4 is 28.5 Å². The Hall–Kier alpha value is -4.57. The van der Waals surface area contributed by atoms with E-state index in [0.29, 0.717) is 56.3 Å². The normalized spacial score (nSPS) is 15.1. The molecule has 5 rings (SSSR count). The number of para-hydroxylation sites is 1. The Morgan fingerprint density at radius 2 is 1.80 bits per heavy atom. The van der Waals surface area contributed by atoms with Gasteiger partial charge in [0.15, 0.2) is 0 Å². The summed E-state index contributed by atoms with van der Waals surface area (Å²) in [6.45, 7) is 5.93. The lowest BCUT2D eigenvalue weighted by Crippen LogP contribution is -2.53. The molecule has 1 aliphatic rings. The van der Waals surface area contributed by atoms with Crippen LogP contribution in [0.15, 0.2) is 72.9 Å². The Morgan fingerprint density at radius 3 is 2.51 bits per heavy atom. The van der Waals surface area contributed by atoms with Gasteiger partial charge in [0, 0.05) is 55.5 Å². The van der Waals surface area contributed by atoms with Crippen molar-refractivity contribution < 1.29 is 23.5 Å². The van der Waals surface area contributed by atoms with Crippen LogP contribution in [0.1, 0.15) is 43.7 Å². The molecule has 1 fully saturated rings. The topological polar surface area (TPSA) is 98.9 Å². The maximum Gasteiger partial charge on any atom is 0.318 e. The molecule has 238 valence electrons. The molecule has 4 aromatic rings. The van der Waals surface area contributed by atoms with E-state index in [0.717, 1.165) is 22.0 Å². The number of aromatic amines is 1. The minimum absolute atomic E-state index is 0.0878. The van der Waals surface area contributed by atoms with Gasteiger partial charge in [-0.05, 0) is 74.6 Å². The number of aromatic nitrogens is 1. The maximum absolute atomic E-state index is 14.1. The van der Waals surface area contributed by atoms with Crippen LogP contribution >= 0.6 is 0 Å². The molecule has 0 spiro atoms. The van der Waals surface area contributed by atoms with Crippen molar-refractivity contribution in [1.29, 1.82) is 0 Å². The van der Waals surface area contributed by atoms with Gasteiger partial charge in [-0.2, -0.15) is 0 Å². The smallest absolute Gasteiger partial charge is 0.318 e. The fourth-order valence-electron chi connectivity index (χ4n) is 5.80. The Bertz CT molecular complexity index is 1600. The molecule has 0 saturated carbocycles. The first-order valence-corrected chi connectivity index (χ1v) is 15.5. The van der Waals surface area contributed by atoms with Crippen LogP contribution in [0.4, 0.5) is 14.9 Å². The second kappa shape index (κ2) is 14.5. The fraction of sp³-hybridized carbons (Fsp3) is 0.371. The van der Waals surface area contributed by atoms with E-state index in [4.69, 9.17) is 9.47 Å². The third-order valence-corrected chi connectivity index (χ3v) is 8.12. The SMILES string of the molecule is CCOc1ccc(CN(C)C)cc1NC(=O)[C@H](NC(=O)N1CCC(Oc2ccc(F)cc2)CC1)[C@H](C)c1c[nH]c2ccccc12. The largest absolute Gasteiger partial charge is 0.492 e. The van der Waals surface area contributed by atoms with Crippen LogP contribution < -0.4 is 20.1 Å². The van der Waals surface area contributed by atoms with E-state index in [1.165, 1.54) is 12.1 Å². The Balaban J connectivity index is 1.34. The molecule has 0 bridgehead atoms. The molecule has 1 aromatic heterocycles. The lowest BCUT2D eigenvalue weighted by molar-refractivity contribution is -0.118. The van der Waals surface area contributed by atoms with Crippen LogP contribution in [0.25, 0.3) is 10.9 Å². The van der Waals surface area contributed by atoms with Crippen molar-refractivity contribution in [3.8, 4) is 11.5 Å². The number of likely N-dealkylation sites (tertiary alicyclic amines) is 1. The highest BCUT2D eigenvalue weighted by Gasteiger charge is 2.33. The van der Waals surface area contributed by atoms with Crippen molar-refractivity contribution in [1.82, 2.24) is 20.1 Å². The van der Waals surface area contributed by atoms with Crippen molar-refractivity contribution in [2.75, 3.05) is 39.1 Å². The number of ether oxygens (including phenoxy) is 2. The fourth-order valence-corrected chi connectivity index (χ4v) is 5.80. The predicted molar refractivity (Wildman–Crippen MR) is 174 cm³/mol. The average molecular weight is 616 g/mol. The summed E-state index contributed by atoms with van der Waals surface area (Å²) in [7, 11) is 3.97. The van der Waals surface area contributed by atoms with E-state index in [2.05, 4.69) is 20.5 Å². The molecule has 1 saturated heterocycles. The van der Waals surface area contributed by atoms with E-state index in [1.54, 1.807) is 17.0 Å². The molecule has 2 atom stereocenters. The lowest BCUT2D eigenvalue weighted by atomic mass is 9.92. The van der Waals surface area contributed by atoms with Gasteiger partial charge in [0.05, 0.1) is 12.3 Å². The number of carbonyl (C=O) groups excluding carboxylic acids is 2. The van der Waals surface area contributed by atoms with Crippen molar-refractivity contribution in [2.45, 2.75) is 51.3 Å². The van der Waals surface area contributed by atoms with Gasteiger partial charge in [-0.1, -0.05) is 31.2 Å². The number of benzene rings is 3. The van der Waals surface area contributed by atoms with Gasteiger partial charge in [-0.25, -0.2) is 9.18 Å². The van der Waals surface area contributed by atoms with Crippen molar-refractivity contribution in [3.05, 3.63) is 89.9 Å². The van der Waals surface area contributed by atoms with Crippen molar-refractivity contribution in [2.24, 2.45) is 0 Å². The van der Waals surface area contributed by atoms with Gasteiger partial charge in [0.2, 0.25) is 5.91 Å². The monoisotopic (exact) mass is 615 g/mol. The number of halogens is 1. The van der Waals surface area contributed by atoms with Crippen molar-refractivity contribution in [3.63, 3.8) is 0 Å². The molecule has 1 aliphatic heterocycles. The highest BCUT2D eigenvalue weighted by atomic mass is 19.1.